The molecule has 0 saturated heterocycles. The van der Waals surface area contributed by atoms with Crippen LogP contribution in [0.3, 0.4) is 0 Å². The number of carboxylic acid groups (broad SMARTS) is 2. The monoisotopic (exact) mass is 554 g/mol. The van der Waals surface area contributed by atoms with E-state index in [2.05, 4.69) is 21.4 Å². The molecule has 3 rings (SSSR count). The number of rotatable bonds is 3. The maximum Gasteiger partial charge on any atom is 0.490 e. The maximum absolute atomic E-state index is 13.9. The van der Waals surface area contributed by atoms with Crippen LogP contribution < -0.4 is 4.90 Å². The number of hydrogen-bond acceptors (Lipinski definition) is 6. The lowest BCUT2D eigenvalue weighted by atomic mass is 10.2. The third kappa shape index (κ3) is 9.67. The minimum atomic E-state index is -5.08. The molecule has 9 nitrogen and oxygen atoms in total. The van der Waals surface area contributed by atoms with Crippen molar-refractivity contribution in [1.29, 1.82) is 0 Å². The zero-order chi connectivity index (χ0) is 29.3. The van der Waals surface area contributed by atoms with E-state index in [9.17, 15) is 35.5 Å². The second kappa shape index (κ2) is 13.3. The second-order valence-electron chi connectivity index (χ2n) is 7.36. The molecule has 0 bridgehead atoms. The Hall–Kier alpha value is -4.24. The van der Waals surface area contributed by atoms with Crippen molar-refractivity contribution >= 4 is 23.7 Å². The number of carbonyl (C=O) groups is 3. The number of aliphatic carboxylic acids is 2. The molecule has 1 aliphatic heterocycles. The molecular weight excluding hydrogens is 533 g/mol. The van der Waals surface area contributed by atoms with Gasteiger partial charge in [0.2, 0.25) is 0 Å². The summed E-state index contributed by atoms with van der Waals surface area (Å²) in [5, 5.41) is 14.2. The fraction of sp³-hybridized carbons (Fsp3) is 0.318. The molecule has 0 unspecified atom stereocenters. The zero-order valence-electron chi connectivity index (χ0n) is 19.6. The topological polar surface area (TPSA) is 124 Å². The fourth-order valence-electron chi connectivity index (χ4n) is 2.83. The molecule has 2 N–H and O–H groups in total. The van der Waals surface area contributed by atoms with Crippen LogP contribution in [0.25, 0.3) is 0 Å². The summed E-state index contributed by atoms with van der Waals surface area (Å²) in [5.74, 6) is -5.58. The molecule has 0 atom stereocenters. The van der Waals surface area contributed by atoms with Gasteiger partial charge in [0.15, 0.2) is 5.82 Å². The first-order valence-corrected chi connectivity index (χ1v) is 10.3. The van der Waals surface area contributed by atoms with Crippen LogP contribution in [-0.4, -0.2) is 74.9 Å². The van der Waals surface area contributed by atoms with Crippen molar-refractivity contribution in [2.24, 2.45) is 0 Å². The smallest absolute Gasteiger partial charge is 0.475 e. The summed E-state index contributed by atoms with van der Waals surface area (Å²) in [6.07, 6.45) is -5.86. The Kier molecular flexibility index (Phi) is 11.2. The number of pyridine rings is 2. The zero-order valence-corrected chi connectivity index (χ0v) is 19.6. The SMILES string of the molecule is C=CCN1CCN(C(=O)c2ccncc2F)Cc2ccc(C)nc21.O=C(O)C(F)(F)F.O=C(O)C(F)(F)F. The Morgan fingerprint density at radius 3 is 2.05 bits per heavy atom. The van der Waals surface area contributed by atoms with E-state index in [4.69, 9.17) is 19.8 Å². The van der Waals surface area contributed by atoms with Crippen molar-refractivity contribution < 1.29 is 55.3 Å². The molecule has 0 aliphatic carbocycles. The molecule has 38 heavy (non-hydrogen) atoms. The molecule has 1 aliphatic rings. The predicted molar refractivity (Wildman–Crippen MR) is 118 cm³/mol. The largest absolute Gasteiger partial charge is 0.490 e. The van der Waals surface area contributed by atoms with E-state index in [1.165, 1.54) is 12.3 Å². The van der Waals surface area contributed by atoms with Crippen molar-refractivity contribution in [3.63, 3.8) is 0 Å². The first kappa shape index (κ1) is 31.8. The van der Waals surface area contributed by atoms with Gasteiger partial charge in [-0.05, 0) is 19.1 Å². The van der Waals surface area contributed by atoms with Crippen LogP contribution in [0.5, 0.6) is 0 Å². The van der Waals surface area contributed by atoms with Gasteiger partial charge in [0.1, 0.15) is 5.82 Å². The Morgan fingerprint density at radius 2 is 1.58 bits per heavy atom. The molecule has 3 heterocycles. The van der Waals surface area contributed by atoms with Gasteiger partial charge in [0.05, 0.1) is 11.8 Å². The molecule has 1 amide bonds. The average molecular weight is 554 g/mol. The average Bonchev–Trinajstić information content (AvgIpc) is 2.98. The molecule has 2 aromatic rings. The van der Waals surface area contributed by atoms with Crippen LogP contribution >= 0.6 is 0 Å². The third-order valence-electron chi connectivity index (χ3n) is 4.52. The van der Waals surface area contributed by atoms with Crippen LogP contribution in [0.4, 0.5) is 36.6 Å². The number of fused-ring (bicyclic) bond motifs is 1. The summed E-state index contributed by atoms with van der Waals surface area (Å²) < 4.78 is 77.4. The highest BCUT2D eigenvalue weighted by Gasteiger charge is 2.38. The number of halogens is 7. The summed E-state index contributed by atoms with van der Waals surface area (Å²) in [5.41, 5.74) is 1.91. The number of aryl methyl sites for hydroxylation is 1. The van der Waals surface area contributed by atoms with Crippen molar-refractivity contribution in [2.75, 3.05) is 24.5 Å². The highest BCUT2D eigenvalue weighted by Crippen LogP contribution is 2.25. The van der Waals surface area contributed by atoms with Gasteiger partial charge in [0.25, 0.3) is 5.91 Å². The van der Waals surface area contributed by atoms with E-state index in [1.807, 2.05) is 25.1 Å². The van der Waals surface area contributed by atoms with Crippen molar-refractivity contribution in [3.05, 3.63) is 65.9 Å². The summed E-state index contributed by atoms with van der Waals surface area (Å²) in [4.78, 5) is 42.6. The molecule has 16 heteroatoms. The van der Waals surface area contributed by atoms with Gasteiger partial charge in [0, 0.05) is 43.6 Å². The van der Waals surface area contributed by atoms with Crippen LogP contribution in [0, 0.1) is 12.7 Å². The number of hydrogen-bond donors (Lipinski definition) is 2. The molecule has 0 radical (unpaired) electrons. The Balaban J connectivity index is 0.000000426. The van der Waals surface area contributed by atoms with E-state index in [0.717, 1.165) is 23.3 Å². The highest BCUT2D eigenvalue weighted by atomic mass is 19.4. The lowest BCUT2D eigenvalue weighted by Gasteiger charge is -2.22. The Morgan fingerprint density at radius 1 is 1.03 bits per heavy atom. The summed E-state index contributed by atoms with van der Waals surface area (Å²) in [7, 11) is 0. The van der Waals surface area contributed by atoms with Gasteiger partial charge in [-0.25, -0.2) is 19.0 Å². The molecule has 2 aromatic heterocycles. The van der Waals surface area contributed by atoms with E-state index < -0.39 is 30.1 Å². The molecule has 0 aromatic carbocycles. The molecule has 0 fully saturated rings. The van der Waals surface area contributed by atoms with E-state index >= 15 is 0 Å². The third-order valence-corrected chi connectivity index (χ3v) is 4.52. The standard InChI is InChI=1S/C18H19FN4O.2C2HF3O2/c1-3-8-22-9-10-23(12-14-5-4-13(2)21-17(14)22)18(24)15-6-7-20-11-16(15)19;2*3-2(4,5)1(6)7/h3-7,11H,1,8-10,12H2,2H3;2*(H,6,7). The summed E-state index contributed by atoms with van der Waals surface area (Å²) >= 11 is 0. The number of carbonyl (C=O) groups excluding carboxylic acids is 1. The summed E-state index contributed by atoms with van der Waals surface area (Å²) in [6.45, 7) is 7.88. The number of alkyl halides is 6. The minimum Gasteiger partial charge on any atom is -0.475 e. The Labute approximate surface area is 210 Å². The lowest BCUT2D eigenvalue weighted by Crippen LogP contribution is -2.36. The first-order valence-electron chi connectivity index (χ1n) is 10.3. The van der Waals surface area contributed by atoms with E-state index in [-0.39, 0.29) is 11.5 Å². The van der Waals surface area contributed by atoms with Gasteiger partial charge in [-0.1, -0.05) is 12.1 Å². The molecular formula is C22H21F7N4O5. The summed E-state index contributed by atoms with van der Waals surface area (Å²) in [6, 6.07) is 5.31. The van der Waals surface area contributed by atoms with Gasteiger partial charge in [-0.3, -0.25) is 9.78 Å². The normalized spacial score (nSPS) is 13.1. The number of amides is 1. The van der Waals surface area contributed by atoms with Crippen molar-refractivity contribution in [2.45, 2.75) is 25.8 Å². The molecule has 208 valence electrons. The van der Waals surface area contributed by atoms with Gasteiger partial charge < -0.3 is 20.0 Å². The molecule has 0 saturated carbocycles. The molecule has 0 spiro atoms. The number of aromatic nitrogens is 2. The Bertz CT molecular complexity index is 1130. The van der Waals surface area contributed by atoms with Crippen LogP contribution in [0.1, 0.15) is 21.6 Å². The number of nitrogens with zero attached hydrogens (tertiary/aromatic N) is 4. The van der Waals surface area contributed by atoms with Crippen LogP contribution in [-0.2, 0) is 16.1 Å². The second-order valence-corrected chi connectivity index (χ2v) is 7.36. The van der Waals surface area contributed by atoms with E-state index in [1.54, 1.807) is 4.90 Å². The van der Waals surface area contributed by atoms with Gasteiger partial charge in [-0.2, -0.15) is 26.3 Å². The maximum atomic E-state index is 13.9. The predicted octanol–water partition coefficient (Wildman–Crippen LogP) is 3.84. The quantitative estimate of drug-likeness (QED) is 0.434. The van der Waals surface area contributed by atoms with Crippen LogP contribution in [0.2, 0.25) is 0 Å². The van der Waals surface area contributed by atoms with Gasteiger partial charge in [-0.15, -0.1) is 6.58 Å². The minimum absolute atomic E-state index is 0.0452. The highest BCUT2D eigenvalue weighted by molar-refractivity contribution is 5.94. The first-order chi connectivity index (χ1) is 17.5. The van der Waals surface area contributed by atoms with Crippen molar-refractivity contribution in [1.82, 2.24) is 14.9 Å². The number of anilines is 1. The lowest BCUT2D eigenvalue weighted by molar-refractivity contribution is -0.193. The van der Waals surface area contributed by atoms with Crippen LogP contribution in [0.15, 0.2) is 43.2 Å². The van der Waals surface area contributed by atoms with E-state index in [0.29, 0.717) is 26.2 Å². The number of carboxylic acids is 2. The van der Waals surface area contributed by atoms with Gasteiger partial charge >= 0.3 is 24.3 Å². The van der Waals surface area contributed by atoms with Crippen molar-refractivity contribution in [3.8, 4) is 0 Å². The fourth-order valence-corrected chi connectivity index (χ4v) is 2.83.